The van der Waals surface area contributed by atoms with Crippen molar-refractivity contribution in [3.63, 3.8) is 0 Å². The second-order valence-corrected chi connectivity index (χ2v) is 2.87. The van der Waals surface area contributed by atoms with Crippen LogP contribution in [-0.4, -0.2) is 23.0 Å². The predicted molar refractivity (Wildman–Crippen MR) is 48.4 cm³/mol. The van der Waals surface area contributed by atoms with Gasteiger partial charge in [0.05, 0.1) is 5.71 Å². The Hall–Kier alpha value is -1.71. The molecule has 1 aromatic heterocycles. The van der Waals surface area contributed by atoms with Gasteiger partial charge in [0.25, 0.3) is 0 Å². The zero-order chi connectivity index (χ0) is 9.10. The van der Waals surface area contributed by atoms with Crippen LogP contribution in [0.25, 0.3) is 0 Å². The van der Waals surface area contributed by atoms with E-state index in [1.807, 2.05) is 12.1 Å². The zero-order valence-corrected chi connectivity index (χ0v) is 6.97. The summed E-state index contributed by atoms with van der Waals surface area (Å²) in [6.45, 7) is 0. The molecule has 66 valence electrons. The topological polar surface area (TPSA) is 54.4 Å². The van der Waals surface area contributed by atoms with Gasteiger partial charge in [0.2, 0.25) is 0 Å². The molecule has 1 unspecified atom stereocenters. The molecule has 0 saturated carbocycles. The van der Waals surface area contributed by atoms with Crippen molar-refractivity contribution in [3.05, 3.63) is 30.1 Å². The van der Waals surface area contributed by atoms with Crippen molar-refractivity contribution in [1.29, 1.82) is 0 Å². The number of pyridine rings is 1. The van der Waals surface area contributed by atoms with Crippen LogP contribution >= 0.6 is 0 Å². The van der Waals surface area contributed by atoms with Crippen LogP contribution in [0.4, 0.5) is 0 Å². The number of aldehydes is 1. The maximum absolute atomic E-state index is 10.4. The summed E-state index contributed by atoms with van der Waals surface area (Å²) < 4.78 is 0. The van der Waals surface area contributed by atoms with Gasteiger partial charge in [0, 0.05) is 24.4 Å². The van der Waals surface area contributed by atoms with E-state index in [9.17, 15) is 4.79 Å². The molecular formula is C9H9N3O. The maximum Gasteiger partial charge on any atom is 0.144 e. The van der Waals surface area contributed by atoms with Gasteiger partial charge in [-0.3, -0.25) is 10.4 Å². The molecule has 1 aromatic rings. The lowest BCUT2D eigenvalue weighted by atomic mass is 10.1. The monoisotopic (exact) mass is 175 g/mol. The maximum atomic E-state index is 10.4. The lowest BCUT2D eigenvalue weighted by Crippen LogP contribution is -2.20. The van der Waals surface area contributed by atoms with E-state index in [2.05, 4.69) is 15.5 Å². The first-order valence-corrected chi connectivity index (χ1v) is 4.08. The van der Waals surface area contributed by atoms with Gasteiger partial charge in [-0.2, -0.15) is 5.10 Å². The van der Waals surface area contributed by atoms with E-state index < -0.39 is 0 Å². The van der Waals surface area contributed by atoms with Crippen LogP contribution in [-0.2, 0) is 4.79 Å². The summed E-state index contributed by atoms with van der Waals surface area (Å²) in [6, 6.07) is 3.60. The van der Waals surface area contributed by atoms with Crippen molar-refractivity contribution < 1.29 is 4.79 Å². The van der Waals surface area contributed by atoms with Gasteiger partial charge in [-0.15, -0.1) is 0 Å². The molecule has 0 spiro atoms. The second kappa shape index (κ2) is 3.35. The lowest BCUT2D eigenvalue weighted by molar-refractivity contribution is -0.109. The molecule has 1 aliphatic heterocycles. The van der Waals surface area contributed by atoms with Gasteiger partial charge in [-0.1, -0.05) is 0 Å². The minimum Gasteiger partial charge on any atom is -0.301 e. The molecule has 13 heavy (non-hydrogen) atoms. The van der Waals surface area contributed by atoms with Crippen molar-refractivity contribution in [2.75, 3.05) is 0 Å². The Kier molecular flexibility index (Phi) is 2.04. The van der Waals surface area contributed by atoms with E-state index >= 15 is 0 Å². The molecule has 0 amide bonds. The molecule has 0 saturated heterocycles. The fourth-order valence-corrected chi connectivity index (χ4v) is 1.27. The normalized spacial score (nSPS) is 20.6. The van der Waals surface area contributed by atoms with E-state index in [0.29, 0.717) is 6.42 Å². The Bertz CT molecular complexity index is 334. The quantitative estimate of drug-likeness (QED) is 0.660. The number of aromatic nitrogens is 1. The Morgan fingerprint density at radius 3 is 2.85 bits per heavy atom. The average Bonchev–Trinajstić information content (AvgIpc) is 2.67. The Morgan fingerprint density at radius 2 is 2.23 bits per heavy atom. The average molecular weight is 175 g/mol. The number of hydrogen-bond donors (Lipinski definition) is 1. The molecule has 1 aliphatic rings. The highest BCUT2D eigenvalue weighted by Gasteiger charge is 2.17. The van der Waals surface area contributed by atoms with Crippen molar-refractivity contribution >= 4 is 12.0 Å². The van der Waals surface area contributed by atoms with Crippen LogP contribution in [0.3, 0.4) is 0 Å². The zero-order valence-electron chi connectivity index (χ0n) is 6.97. The third kappa shape index (κ3) is 1.56. The van der Waals surface area contributed by atoms with Gasteiger partial charge in [0.1, 0.15) is 12.3 Å². The molecule has 0 aliphatic carbocycles. The highest BCUT2D eigenvalue weighted by Crippen LogP contribution is 2.09. The Labute approximate surface area is 75.7 Å². The number of nitrogens with one attached hydrogen (secondary N) is 1. The number of carbonyl (C=O) groups excluding carboxylic acids is 1. The van der Waals surface area contributed by atoms with Crippen LogP contribution in [0.2, 0.25) is 0 Å². The third-order valence-corrected chi connectivity index (χ3v) is 1.96. The van der Waals surface area contributed by atoms with Crippen molar-refractivity contribution in [2.24, 2.45) is 5.10 Å². The fraction of sp³-hybridized carbons (Fsp3) is 0.222. The number of hydrazone groups is 1. The molecule has 0 bridgehead atoms. The number of carbonyl (C=O) groups is 1. The minimum atomic E-state index is -0.164. The Morgan fingerprint density at radius 1 is 1.46 bits per heavy atom. The highest BCUT2D eigenvalue weighted by atomic mass is 16.1. The molecule has 0 aromatic carbocycles. The standard InChI is InChI=1S/C9H9N3O/c13-6-8-5-9(12-11-8)7-1-3-10-4-2-7/h1-4,6,8,11H,5H2. The molecule has 2 heterocycles. The van der Waals surface area contributed by atoms with Gasteiger partial charge in [0.15, 0.2) is 0 Å². The lowest BCUT2D eigenvalue weighted by Gasteiger charge is -1.98. The summed E-state index contributed by atoms with van der Waals surface area (Å²) in [5, 5.41) is 4.07. The van der Waals surface area contributed by atoms with E-state index in [0.717, 1.165) is 17.6 Å². The van der Waals surface area contributed by atoms with Gasteiger partial charge >= 0.3 is 0 Å². The van der Waals surface area contributed by atoms with Crippen LogP contribution in [0.15, 0.2) is 29.6 Å². The highest BCUT2D eigenvalue weighted by molar-refractivity contribution is 6.03. The van der Waals surface area contributed by atoms with Crippen LogP contribution < -0.4 is 5.43 Å². The van der Waals surface area contributed by atoms with Crippen molar-refractivity contribution in [1.82, 2.24) is 10.4 Å². The summed E-state index contributed by atoms with van der Waals surface area (Å²) in [4.78, 5) is 14.3. The molecule has 0 fully saturated rings. The first-order valence-electron chi connectivity index (χ1n) is 4.08. The summed E-state index contributed by atoms with van der Waals surface area (Å²) in [5.74, 6) is 0. The van der Waals surface area contributed by atoms with Crippen LogP contribution in [0, 0.1) is 0 Å². The number of rotatable bonds is 2. The molecule has 4 nitrogen and oxygen atoms in total. The summed E-state index contributed by atoms with van der Waals surface area (Å²) in [5.41, 5.74) is 4.69. The third-order valence-electron chi connectivity index (χ3n) is 1.96. The number of hydrogen-bond acceptors (Lipinski definition) is 4. The van der Waals surface area contributed by atoms with E-state index in [1.54, 1.807) is 12.4 Å². The molecule has 0 radical (unpaired) electrons. The summed E-state index contributed by atoms with van der Waals surface area (Å²) in [6.07, 6.45) is 4.96. The fourth-order valence-electron chi connectivity index (χ4n) is 1.27. The molecule has 2 rings (SSSR count). The van der Waals surface area contributed by atoms with Gasteiger partial charge in [-0.25, -0.2) is 0 Å². The van der Waals surface area contributed by atoms with E-state index in [4.69, 9.17) is 0 Å². The molecule has 1 N–H and O–H groups in total. The molecule has 4 heteroatoms. The SMILES string of the molecule is O=CC1CC(c2ccncc2)=NN1. The summed E-state index contributed by atoms with van der Waals surface area (Å²) in [7, 11) is 0. The van der Waals surface area contributed by atoms with Gasteiger partial charge < -0.3 is 4.79 Å². The molecular weight excluding hydrogens is 166 g/mol. The largest absolute Gasteiger partial charge is 0.301 e. The van der Waals surface area contributed by atoms with Crippen molar-refractivity contribution in [2.45, 2.75) is 12.5 Å². The first kappa shape index (κ1) is 7.91. The number of nitrogens with zero attached hydrogens (tertiary/aromatic N) is 2. The van der Waals surface area contributed by atoms with Gasteiger partial charge in [-0.05, 0) is 12.1 Å². The summed E-state index contributed by atoms with van der Waals surface area (Å²) >= 11 is 0. The predicted octanol–water partition coefficient (Wildman–Crippen LogP) is 0.347. The van der Waals surface area contributed by atoms with Crippen LogP contribution in [0.1, 0.15) is 12.0 Å². The van der Waals surface area contributed by atoms with E-state index in [1.165, 1.54) is 0 Å². The molecule has 1 atom stereocenters. The smallest absolute Gasteiger partial charge is 0.144 e. The van der Waals surface area contributed by atoms with Crippen LogP contribution in [0.5, 0.6) is 0 Å². The van der Waals surface area contributed by atoms with Crippen molar-refractivity contribution in [3.8, 4) is 0 Å². The first-order chi connectivity index (χ1) is 6.40. The Balaban J connectivity index is 2.17. The minimum absolute atomic E-state index is 0.164. The second-order valence-electron chi connectivity index (χ2n) is 2.87. The van der Waals surface area contributed by atoms with E-state index in [-0.39, 0.29) is 6.04 Å².